The summed E-state index contributed by atoms with van der Waals surface area (Å²) in [6, 6.07) is -0.561. The Bertz CT molecular complexity index is 213. The Morgan fingerprint density at radius 3 is 3.00 bits per heavy atom. The predicted octanol–water partition coefficient (Wildman–Crippen LogP) is -1.42. The van der Waals surface area contributed by atoms with Gasteiger partial charge in [0.25, 0.3) is 0 Å². The largest absolute Gasteiger partial charge is 0.853 e. The number of cyclic esters (lactones) is 1. The number of hydrogen-bond acceptors (Lipinski definition) is 4. The standard InChI is InChI=1S/C7H8NO4/c9-3-1-2-6-5(4-10)8-7(11)12-6/h1-3,5-6H,4H2,(H,8,11)/q-1/b2-1-/t5-,6+/m0/s1. The van der Waals surface area contributed by atoms with Crippen molar-refractivity contribution in [2.45, 2.75) is 12.1 Å². The van der Waals surface area contributed by atoms with Crippen molar-refractivity contribution < 1.29 is 19.4 Å². The van der Waals surface area contributed by atoms with Crippen molar-refractivity contribution in [2.24, 2.45) is 0 Å². The molecular weight excluding hydrogens is 162 g/mol. The van der Waals surface area contributed by atoms with Gasteiger partial charge in [-0.15, -0.1) is 6.61 Å². The van der Waals surface area contributed by atoms with E-state index in [1.165, 1.54) is 12.2 Å². The van der Waals surface area contributed by atoms with E-state index in [0.717, 1.165) is 0 Å². The molecule has 0 radical (unpaired) electrons. The first-order valence-electron chi connectivity index (χ1n) is 3.45. The molecule has 5 heteroatoms. The number of allylic oxidation sites excluding steroid dienone is 1. The zero-order valence-corrected chi connectivity index (χ0v) is 6.23. The lowest BCUT2D eigenvalue weighted by atomic mass is 10.2. The van der Waals surface area contributed by atoms with Gasteiger partial charge in [-0.05, 0) is 12.2 Å². The lowest BCUT2D eigenvalue weighted by molar-refractivity contribution is -0.373. The molecule has 0 aromatic heterocycles. The summed E-state index contributed by atoms with van der Waals surface area (Å²) in [5.74, 6) is 0. The molecule has 1 amide bonds. The molecule has 66 valence electrons. The van der Waals surface area contributed by atoms with Crippen LogP contribution in [0.5, 0.6) is 0 Å². The van der Waals surface area contributed by atoms with Crippen LogP contribution in [-0.4, -0.2) is 31.1 Å². The second-order valence-electron chi connectivity index (χ2n) is 2.31. The first-order chi connectivity index (χ1) is 5.77. The number of carbonyl (C=O) groups excluding carboxylic acids is 2. The van der Waals surface area contributed by atoms with E-state index in [-0.39, 0.29) is 0 Å². The fourth-order valence-electron chi connectivity index (χ4n) is 0.938. The number of alkyl carbamates (subject to hydrolysis) is 1. The normalized spacial score (nSPS) is 28.6. The number of rotatable bonds is 3. The van der Waals surface area contributed by atoms with Crippen molar-refractivity contribution in [3.63, 3.8) is 0 Å². The minimum absolute atomic E-state index is 0.459. The molecule has 1 heterocycles. The van der Waals surface area contributed by atoms with Crippen LogP contribution >= 0.6 is 0 Å². The van der Waals surface area contributed by atoms with Gasteiger partial charge in [0.1, 0.15) is 12.4 Å². The number of aldehydes is 1. The van der Waals surface area contributed by atoms with Gasteiger partial charge < -0.3 is 15.2 Å². The maximum atomic E-state index is 10.6. The van der Waals surface area contributed by atoms with Gasteiger partial charge in [0.15, 0.2) is 0 Å². The third-order valence-corrected chi connectivity index (χ3v) is 1.50. The van der Waals surface area contributed by atoms with Gasteiger partial charge >= 0.3 is 6.09 Å². The highest BCUT2D eigenvalue weighted by Gasteiger charge is 2.28. The summed E-state index contributed by atoms with van der Waals surface area (Å²) < 4.78 is 4.67. The van der Waals surface area contributed by atoms with E-state index >= 15 is 0 Å². The van der Waals surface area contributed by atoms with Crippen LogP contribution in [0.25, 0.3) is 0 Å². The molecule has 0 unspecified atom stereocenters. The Morgan fingerprint density at radius 1 is 1.67 bits per heavy atom. The molecule has 0 aromatic rings. The van der Waals surface area contributed by atoms with Crippen molar-refractivity contribution in [3.05, 3.63) is 12.2 Å². The summed E-state index contributed by atoms with van der Waals surface area (Å²) in [5.41, 5.74) is 0. The monoisotopic (exact) mass is 170 g/mol. The number of amides is 1. The van der Waals surface area contributed by atoms with Crippen molar-refractivity contribution in [1.29, 1.82) is 0 Å². The average Bonchev–Trinajstić information content (AvgIpc) is 2.42. The Labute approximate surface area is 69.0 Å². The summed E-state index contributed by atoms with van der Waals surface area (Å²) >= 11 is 0. The second-order valence-corrected chi connectivity index (χ2v) is 2.31. The average molecular weight is 170 g/mol. The van der Waals surface area contributed by atoms with Gasteiger partial charge in [-0.3, -0.25) is 4.79 Å². The molecule has 0 aromatic carbocycles. The molecule has 5 nitrogen and oxygen atoms in total. The minimum atomic E-state index is -0.614. The van der Waals surface area contributed by atoms with Crippen molar-refractivity contribution >= 4 is 12.4 Å². The number of nitrogens with one attached hydrogen (secondary N) is 1. The highest BCUT2D eigenvalue weighted by Crippen LogP contribution is 2.08. The molecule has 12 heavy (non-hydrogen) atoms. The van der Waals surface area contributed by atoms with E-state index in [1.807, 2.05) is 0 Å². The number of carbonyl (C=O) groups is 2. The van der Waals surface area contributed by atoms with E-state index in [4.69, 9.17) is 0 Å². The van der Waals surface area contributed by atoms with Crippen LogP contribution in [0, 0.1) is 0 Å². The van der Waals surface area contributed by atoms with Crippen molar-refractivity contribution in [2.75, 3.05) is 6.61 Å². The van der Waals surface area contributed by atoms with Crippen LogP contribution in [0.4, 0.5) is 4.79 Å². The second kappa shape index (κ2) is 3.87. The highest BCUT2D eigenvalue weighted by molar-refractivity contribution is 5.71. The predicted molar refractivity (Wildman–Crippen MR) is 37.3 cm³/mol. The fraction of sp³-hybridized carbons (Fsp3) is 0.429. The van der Waals surface area contributed by atoms with Gasteiger partial charge in [-0.25, -0.2) is 4.79 Å². The first-order valence-corrected chi connectivity index (χ1v) is 3.45. The van der Waals surface area contributed by atoms with Crippen LogP contribution in [0.1, 0.15) is 0 Å². The minimum Gasteiger partial charge on any atom is -0.853 e. The first kappa shape index (κ1) is 8.73. The van der Waals surface area contributed by atoms with Crippen LogP contribution in [-0.2, 0) is 9.53 Å². The summed E-state index contributed by atoms with van der Waals surface area (Å²) in [4.78, 5) is 20.5. The van der Waals surface area contributed by atoms with Gasteiger partial charge in [-0.2, -0.15) is 0 Å². The molecule has 2 atom stereocenters. The van der Waals surface area contributed by atoms with Crippen molar-refractivity contribution in [1.82, 2.24) is 5.32 Å². The summed E-state index contributed by atoms with van der Waals surface area (Å²) in [7, 11) is 0. The molecule has 1 N–H and O–H groups in total. The van der Waals surface area contributed by atoms with Gasteiger partial charge in [0.2, 0.25) is 0 Å². The number of ether oxygens (including phenoxy) is 1. The molecule has 1 aliphatic heterocycles. The number of hydrogen-bond donors (Lipinski definition) is 1. The van der Waals surface area contributed by atoms with Crippen LogP contribution in [0.3, 0.4) is 0 Å². The summed E-state index contributed by atoms with van der Waals surface area (Å²) in [5, 5.41) is 12.8. The third-order valence-electron chi connectivity index (χ3n) is 1.50. The summed E-state index contributed by atoms with van der Waals surface area (Å²) in [6.07, 6.45) is 1.92. The lowest BCUT2D eigenvalue weighted by Gasteiger charge is -2.15. The Morgan fingerprint density at radius 2 is 2.42 bits per heavy atom. The maximum Gasteiger partial charge on any atom is 0.408 e. The van der Waals surface area contributed by atoms with E-state index in [2.05, 4.69) is 10.1 Å². The third kappa shape index (κ3) is 1.82. The SMILES string of the molecule is O=C/C=C\[C@H]1OC(=O)N[C@H]1C[O-]. The molecule has 0 saturated carbocycles. The van der Waals surface area contributed by atoms with Gasteiger partial charge in [0.05, 0.1) is 6.04 Å². The Kier molecular flexibility index (Phi) is 2.82. The zero-order chi connectivity index (χ0) is 8.97. The molecule has 1 fully saturated rings. The molecule has 1 rings (SSSR count). The van der Waals surface area contributed by atoms with Crippen LogP contribution in [0.2, 0.25) is 0 Å². The molecule has 0 spiro atoms. The summed E-state index contributed by atoms with van der Waals surface area (Å²) in [6.45, 7) is -0.459. The molecule has 0 aliphatic carbocycles. The van der Waals surface area contributed by atoms with Gasteiger partial charge in [-0.1, -0.05) is 0 Å². The molecule has 0 bridgehead atoms. The Balaban J connectivity index is 2.57. The van der Waals surface area contributed by atoms with Crippen molar-refractivity contribution in [3.8, 4) is 0 Å². The van der Waals surface area contributed by atoms with Gasteiger partial charge in [0, 0.05) is 0 Å². The smallest absolute Gasteiger partial charge is 0.408 e. The van der Waals surface area contributed by atoms with E-state index in [1.54, 1.807) is 0 Å². The van der Waals surface area contributed by atoms with E-state index in [0.29, 0.717) is 6.29 Å². The van der Waals surface area contributed by atoms with Crippen LogP contribution in [0.15, 0.2) is 12.2 Å². The Hall–Kier alpha value is -1.36. The molecular formula is C7H8NO4-. The zero-order valence-electron chi connectivity index (χ0n) is 6.23. The molecule has 1 saturated heterocycles. The van der Waals surface area contributed by atoms with E-state index < -0.39 is 24.8 Å². The maximum absolute atomic E-state index is 10.6. The highest BCUT2D eigenvalue weighted by atomic mass is 16.6. The fourth-order valence-corrected chi connectivity index (χ4v) is 0.938. The van der Waals surface area contributed by atoms with E-state index in [9.17, 15) is 14.7 Å². The lowest BCUT2D eigenvalue weighted by Crippen LogP contribution is -2.39. The van der Waals surface area contributed by atoms with Crippen LogP contribution < -0.4 is 10.4 Å². The molecule has 1 aliphatic rings. The topological polar surface area (TPSA) is 78.5 Å². The quantitative estimate of drug-likeness (QED) is 0.416.